The van der Waals surface area contributed by atoms with Crippen molar-refractivity contribution in [3.05, 3.63) is 60.2 Å². The Morgan fingerprint density at radius 1 is 1.09 bits per heavy atom. The first-order valence-electron chi connectivity index (χ1n) is 11.3. The summed E-state index contributed by atoms with van der Waals surface area (Å²) in [5, 5.41) is 12.4. The Morgan fingerprint density at radius 3 is 2.61 bits per heavy atom. The maximum atomic E-state index is 12.9. The first kappa shape index (κ1) is 23.0. The molecule has 1 saturated heterocycles. The average molecular weight is 464 g/mol. The number of nitrogens with zero attached hydrogens (tertiary/aromatic N) is 4. The fraction of sp³-hybridized carbons (Fsp3) is 0.360. The summed E-state index contributed by atoms with van der Waals surface area (Å²) in [7, 11) is 0. The Kier molecular flexibility index (Phi) is 7.44. The molecule has 8 heteroatoms. The lowest BCUT2D eigenvalue weighted by molar-refractivity contribution is -0.132. The van der Waals surface area contributed by atoms with Gasteiger partial charge in [0, 0.05) is 30.9 Å². The number of hydrogen-bond acceptors (Lipinski definition) is 5. The standard InChI is InChI=1S/C25H29N5O2S/c1-3-30-23(21-14-8-7-10-18(21)2)27-28-25(30)33-17-22(31)29-15-9-11-19(16-29)24(32)26-20-12-5-4-6-13-20/h4-8,10,12-14,19H,3,9,11,15-17H2,1-2H3,(H,26,32). The molecule has 0 radical (unpaired) electrons. The highest BCUT2D eigenvalue weighted by Crippen LogP contribution is 2.27. The number of piperidine rings is 1. The van der Waals surface area contributed by atoms with Crippen LogP contribution >= 0.6 is 11.8 Å². The fourth-order valence-corrected chi connectivity index (χ4v) is 5.01. The Bertz CT molecular complexity index is 1110. The molecule has 2 amide bonds. The molecule has 2 aromatic carbocycles. The molecule has 1 unspecified atom stereocenters. The van der Waals surface area contributed by atoms with Crippen LogP contribution in [0.5, 0.6) is 0 Å². The summed E-state index contributed by atoms with van der Waals surface area (Å²) in [6, 6.07) is 17.5. The van der Waals surface area contributed by atoms with Crippen LogP contribution in [0.1, 0.15) is 25.3 Å². The number of benzene rings is 2. The van der Waals surface area contributed by atoms with E-state index in [9.17, 15) is 9.59 Å². The predicted octanol–water partition coefficient (Wildman–Crippen LogP) is 4.24. The third-order valence-electron chi connectivity index (χ3n) is 5.93. The maximum Gasteiger partial charge on any atom is 0.233 e. The van der Waals surface area contributed by atoms with E-state index in [1.165, 1.54) is 11.8 Å². The summed E-state index contributed by atoms with van der Waals surface area (Å²) in [6.45, 7) is 5.97. The van der Waals surface area contributed by atoms with Crippen molar-refractivity contribution in [3.8, 4) is 11.4 Å². The van der Waals surface area contributed by atoms with Crippen LogP contribution in [0.3, 0.4) is 0 Å². The smallest absolute Gasteiger partial charge is 0.233 e. The van der Waals surface area contributed by atoms with Gasteiger partial charge >= 0.3 is 0 Å². The topological polar surface area (TPSA) is 80.1 Å². The SMILES string of the molecule is CCn1c(SCC(=O)N2CCCC(C(=O)Nc3ccccc3)C2)nnc1-c1ccccc1C. The lowest BCUT2D eigenvalue weighted by Crippen LogP contribution is -2.44. The first-order chi connectivity index (χ1) is 16.1. The highest BCUT2D eigenvalue weighted by atomic mass is 32.2. The van der Waals surface area contributed by atoms with E-state index in [-0.39, 0.29) is 23.5 Å². The normalized spacial score (nSPS) is 15.9. The van der Waals surface area contributed by atoms with Gasteiger partial charge in [-0.2, -0.15) is 0 Å². The molecule has 1 N–H and O–H groups in total. The van der Waals surface area contributed by atoms with E-state index >= 15 is 0 Å². The molecule has 1 atom stereocenters. The van der Waals surface area contributed by atoms with Crippen molar-refractivity contribution in [2.75, 3.05) is 24.2 Å². The van der Waals surface area contributed by atoms with Gasteiger partial charge in [0.15, 0.2) is 11.0 Å². The van der Waals surface area contributed by atoms with E-state index in [2.05, 4.69) is 35.4 Å². The summed E-state index contributed by atoms with van der Waals surface area (Å²) in [5.74, 6) is 0.903. The molecule has 0 saturated carbocycles. The number of hydrogen-bond donors (Lipinski definition) is 1. The van der Waals surface area contributed by atoms with Gasteiger partial charge in [-0.25, -0.2) is 0 Å². The number of amides is 2. The Morgan fingerprint density at radius 2 is 1.85 bits per heavy atom. The van der Waals surface area contributed by atoms with E-state index in [0.29, 0.717) is 13.1 Å². The number of para-hydroxylation sites is 1. The minimum absolute atomic E-state index is 0.0278. The van der Waals surface area contributed by atoms with Crippen molar-refractivity contribution in [1.82, 2.24) is 19.7 Å². The highest BCUT2D eigenvalue weighted by Gasteiger charge is 2.29. The van der Waals surface area contributed by atoms with Gasteiger partial charge in [-0.1, -0.05) is 54.2 Å². The molecule has 2 heterocycles. The van der Waals surface area contributed by atoms with Gasteiger partial charge in [-0.3, -0.25) is 9.59 Å². The predicted molar refractivity (Wildman–Crippen MR) is 131 cm³/mol. The first-order valence-corrected chi connectivity index (χ1v) is 12.3. The van der Waals surface area contributed by atoms with Gasteiger partial charge in [0.05, 0.1) is 11.7 Å². The number of nitrogens with one attached hydrogen (secondary N) is 1. The van der Waals surface area contributed by atoms with E-state index < -0.39 is 0 Å². The quantitative estimate of drug-likeness (QED) is 0.530. The molecule has 0 spiro atoms. The van der Waals surface area contributed by atoms with Gasteiger partial charge in [-0.15, -0.1) is 10.2 Å². The van der Waals surface area contributed by atoms with Gasteiger partial charge < -0.3 is 14.8 Å². The van der Waals surface area contributed by atoms with Crippen molar-refractivity contribution in [3.63, 3.8) is 0 Å². The summed E-state index contributed by atoms with van der Waals surface area (Å²) in [6.07, 6.45) is 1.62. The van der Waals surface area contributed by atoms with E-state index in [1.807, 2.05) is 53.1 Å². The number of thioether (sulfide) groups is 1. The second kappa shape index (κ2) is 10.7. The minimum Gasteiger partial charge on any atom is -0.341 e. The average Bonchev–Trinajstić information content (AvgIpc) is 3.26. The van der Waals surface area contributed by atoms with E-state index in [0.717, 1.165) is 47.2 Å². The molecule has 3 aromatic rings. The molecular formula is C25H29N5O2S. The van der Waals surface area contributed by atoms with Crippen LogP contribution in [-0.2, 0) is 16.1 Å². The van der Waals surface area contributed by atoms with Gasteiger partial charge in [0.1, 0.15) is 0 Å². The number of anilines is 1. The van der Waals surface area contributed by atoms with Crippen LogP contribution in [0.4, 0.5) is 5.69 Å². The number of carbonyl (C=O) groups excluding carboxylic acids is 2. The fourth-order valence-electron chi connectivity index (χ4n) is 4.10. The van der Waals surface area contributed by atoms with Gasteiger partial charge in [0.25, 0.3) is 0 Å². The number of likely N-dealkylation sites (tertiary alicyclic amines) is 1. The van der Waals surface area contributed by atoms with Crippen LogP contribution in [-0.4, -0.2) is 50.3 Å². The van der Waals surface area contributed by atoms with Crippen LogP contribution in [0.2, 0.25) is 0 Å². The van der Waals surface area contributed by atoms with Gasteiger partial charge in [0.2, 0.25) is 11.8 Å². The zero-order valence-corrected chi connectivity index (χ0v) is 19.8. The summed E-state index contributed by atoms with van der Waals surface area (Å²) < 4.78 is 2.05. The van der Waals surface area contributed by atoms with Crippen LogP contribution in [0.25, 0.3) is 11.4 Å². The van der Waals surface area contributed by atoms with Crippen molar-refractivity contribution in [1.29, 1.82) is 0 Å². The van der Waals surface area contributed by atoms with Crippen molar-refractivity contribution in [2.24, 2.45) is 5.92 Å². The van der Waals surface area contributed by atoms with Crippen molar-refractivity contribution >= 4 is 29.3 Å². The summed E-state index contributed by atoms with van der Waals surface area (Å²) in [4.78, 5) is 27.4. The lowest BCUT2D eigenvalue weighted by atomic mass is 9.97. The van der Waals surface area contributed by atoms with Crippen molar-refractivity contribution in [2.45, 2.75) is 38.4 Å². The van der Waals surface area contributed by atoms with Gasteiger partial charge in [-0.05, 0) is 44.4 Å². The zero-order chi connectivity index (χ0) is 23.2. The summed E-state index contributed by atoms with van der Waals surface area (Å²) in [5.41, 5.74) is 2.97. The number of aryl methyl sites for hydroxylation is 1. The Hall–Kier alpha value is -3.13. The Balaban J connectivity index is 1.37. The molecule has 1 fully saturated rings. The molecule has 1 aliphatic heterocycles. The molecule has 0 aliphatic carbocycles. The minimum atomic E-state index is -0.195. The third kappa shape index (κ3) is 5.45. The van der Waals surface area contributed by atoms with E-state index in [1.54, 1.807) is 4.90 Å². The third-order valence-corrected chi connectivity index (χ3v) is 6.88. The monoisotopic (exact) mass is 463 g/mol. The van der Waals surface area contributed by atoms with Crippen LogP contribution in [0, 0.1) is 12.8 Å². The molecule has 33 heavy (non-hydrogen) atoms. The second-order valence-electron chi connectivity index (χ2n) is 8.19. The zero-order valence-electron chi connectivity index (χ0n) is 19.0. The maximum absolute atomic E-state index is 12.9. The van der Waals surface area contributed by atoms with E-state index in [4.69, 9.17) is 0 Å². The summed E-state index contributed by atoms with van der Waals surface area (Å²) >= 11 is 1.40. The molecule has 7 nitrogen and oxygen atoms in total. The van der Waals surface area contributed by atoms with Crippen LogP contribution in [0.15, 0.2) is 59.8 Å². The molecular weight excluding hydrogens is 434 g/mol. The molecule has 1 aliphatic rings. The Labute approximate surface area is 198 Å². The largest absolute Gasteiger partial charge is 0.341 e. The molecule has 0 bridgehead atoms. The molecule has 4 rings (SSSR count). The number of aromatic nitrogens is 3. The van der Waals surface area contributed by atoms with Crippen molar-refractivity contribution < 1.29 is 9.59 Å². The number of rotatable bonds is 7. The highest BCUT2D eigenvalue weighted by molar-refractivity contribution is 7.99. The molecule has 172 valence electrons. The van der Waals surface area contributed by atoms with Crippen LogP contribution < -0.4 is 5.32 Å². The lowest BCUT2D eigenvalue weighted by Gasteiger charge is -2.32. The number of carbonyl (C=O) groups is 2. The molecule has 1 aromatic heterocycles. The second-order valence-corrected chi connectivity index (χ2v) is 9.13.